The quantitative estimate of drug-likeness (QED) is 0.310. The third-order valence-electron chi connectivity index (χ3n) is 6.52. The van der Waals surface area contributed by atoms with Crippen LogP contribution in [-0.2, 0) is 0 Å². The molecule has 3 aromatic rings. The molecule has 3 aromatic carbocycles. The van der Waals surface area contributed by atoms with Crippen molar-refractivity contribution in [2.75, 3.05) is 24.8 Å². The molecular weight excluding hydrogens is 472 g/mol. The first kappa shape index (κ1) is 26.7. The van der Waals surface area contributed by atoms with Gasteiger partial charge in [0.1, 0.15) is 11.6 Å². The van der Waals surface area contributed by atoms with Gasteiger partial charge in [-0.15, -0.1) is 0 Å². The molecule has 1 amide bonds. The number of amides is 1. The number of methoxy groups -OCH3 is 1. The molecule has 0 saturated heterocycles. The Bertz CT molecular complexity index is 1390. The molecule has 1 unspecified atom stereocenters. The monoisotopic (exact) mass is 508 g/mol. The van der Waals surface area contributed by atoms with Gasteiger partial charge in [-0.2, -0.15) is 0 Å². The largest absolute Gasteiger partial charge is 0.495 e. The minimum atomic E-state index is -0.122. The predicted octanol–water partition coefficient (Wildman–Crippen LogP) is 6.87. The fraction of sp³-hybridized carbons (Fsp3) is 0.250. The number of anilines is 2. The Morgan fingerprint density at radius 2 is 1.89 bits per heavy atom. The van der Waals surface area contributed by atoms with Gasteiger partial charge in [-0.1, -0.05) is 48.9 Å². The summed E-state index contributed by atoms with van der Waals surface area (Å²) in [6.45, 7) is 6.26. The summed E-state index contributed by atoms with van der Waals surface area (Å²) in [6.07, 6.45) is 7.33. The molecule has 196 valence electrons. The van der Waals surface area contributed by atoms with Crippen LogP contribution in [0.25, 0.3) is 0 Å². The second kappa shape index (κ2) is 12.3. The molecule has 1 heterocycles. The number of hydrogen-bond donors (Lipinski definition) is 3. The van der Waals surface area contributed by atoms with Crippen LogP contribution in [0.5, 0.6) is 5.75 Å². The summed E-state index contributed by atoms with van der Waals surface area (Å²) in [5.74, 6) is 1.80. The van der Waals surface area contributed by atoms with E-state index in [0.29, 0.717) is 11.5 Å². The zero-order valence-corrected chi connectivity index (χ0v) is 22.7. The summed E-state index contributed by atoms with van der Waals surface area (Å²) in [4.78, 5) is 17.8. The standard InChI is InChI=1S/C32H36N4O2/c1-21-9-6-12-26(17-21)32(37)35-27-13-8-11-24(19-27)23(3)34-31-18-22(2)10-7-14-28(36-31)25-15-16-29(33-4)30(20-25)38-5/h6-9,11-20,22-23,33-34H,10H2,1-5H3,(H,35,37)/b14-7?,31-18-,36-28?/t22?,23-/m0/s1. The van der Waals surface area contributed by atoms with E-state index in [2.05, 4.69) is 54.1 Å². The molecule has 0 bridgehead atoms. The molecule has 6 heteroatoms. The molecule has 0 fully saturated rings. The van der Waals surface area contributed by atoms with E-state index in [9.17, 15) is 4.79 Å². The Morgan fingerprint density at radius 1 is 1.08 bits per heavy atom. The van der Waals surface area contributed by atoms with Crippen LogP contribution in [0.2, 0.25) is 0 Å². The van der Waals surface area contributed by atoms with E-state index in [1.54, 1.807) is 7.11 Å². The molecule has 0 spiro atoms. The minimum absolute atomic E-state index is 0.0288. The van der Waals surface area contributed by atoms with Gasteiger partial charge in [0, 0.05) is 23.9 Å². The van der Waals surface area contributed by atoms with E-state index < -0.39 is 0 Å². The molecule has 6 nitrogen and oxygen atoms in total. The second-order valence-electron chi connectivity index (χ2n) is 9.64. The van der Waals surface area contributed by atoms with Gasteiger partial charge in [0.05, 0.1) is 24.6 Å². The zero-order valence-electron chi connectivity index (χ0n) is 22.7. The highest BCUT2D eigenvalue weighted by molar-refractivity contribution is 6.09. The summed E-state index contributed by atoms with van der Waals surface area (Å²) in [5, 5.41) is 9.76. The highest BCUT2D eigenvalue weighted by Gasteiger charge is 2.14. The Kier molecular flexibility index (Phi) is 8.64. The first-order chi connectivity index (χ1) is 18.4. The number of aryl methyl sites for hydroxylation is 1. The molecule has 0 aliphatic carbocycles. The number of benzene rings is 3. The van der Waals surface area contributed by atoms with Crippen molar-refractivity contribution in [3.05, 3.63) is 113 Å². The van der Waals surface area contributed by atoms with Gasteiger partial charge in [0.25, 0.3) is 5.91 Å². The Labute approximate surface area is 225 Å². The van der Waals surface area contributed by atoms with Crippen molar-refractivity contribution < 1.29 is 9.53 Å². The highest BCUT2D eigenvalue weighted by Crippen LogP contribution is 2.27. The number of nitrogens with zero attached hydrogens (tertiary/aromatic N) is 1. The topological polar surface area (TPSA) is 74.8 Å². The van der Waals surface area contributed by atoms with Crippen molar-refractivity contribution in [1.29, 1.82) is 0 Å². The van der Waals surface area contributed by atoms with Gasteiger partial charge in [-0.25, -0.2) is 4.99 Å². The van der Waals surface area contributed by atoms with Crippen LogP contribution >= 0.6 is 0 Å². The van der Waals surface area contributed by atoms with E-state index in [-0.39, 0.29) is 11.9 Å². The fourth-order valence-electron chi connectivity index (χ4n) is 4.41. The van der Waals surface area contributed by atoms with Gasteiger partial charge < -0.3 is 20.7 Å². The van der Waals surface area contributed by atoms with Crippen LogP contribution in [0.1, 0.15) is 53.4 Å². The van der Waals surface area contributed by atoms with Crippen LogP contribution in [0.15, 0.2) is 95.8 Å². The van der Waals surface area contributed by atoms with Gasteiger partial charge in [-0.3, -0.25) is 4.79 Å². The fourth-order valence-corrected chi connectivity index (χ4v) is 4.41. The Morgan fingerprint density at radius 3 is 2.66 bits per heavy atom. The van der Waals surface area contributed by atoms with Crippen molar-refractivity contribution >= 4 is 23.0 Å². The molecular formula is C32H36N4O2. The van der Waals surface area contributed by atoms with Crippen molar-refractivity contribution in [2.24, 2.45) is 10.9 Å². The van der Waals surface area contributed by atoms with Crippen molar-refractivity contribution in [2.45, 2.75) is 33.2 Å². The third-order valence-corrected chi connectivity index (χ3v) is 6.52. The lowest BCUT2D eigenvalue weighted by molar-refractivity contribution is 0.102. The lowest BCUT2D eigenvalue weighted by Gasteiger charge is -2.20. The van der Waals surface area contributed by atoms with Crippen molar-refractivity contribution in [1.82, 2.24) is 5.32 Å². The summed E-state index contributed by atoms with van der Waals surface area (Å²) in [5.41, 5.74) is 6.27. The van der Waals surface area contributed by atoms with Crippen LogP contribution < -0.4 is 20.7 Å². The van der Waals surface area contributed by atoms with Crippen LogP contribution in [0.3, 0.4) is 0 Å². The maximum Gasteiger partial charge on any atom is 0.255 e. The van der Waals surface area contributed by atoms with Crippen molar-refractivity contribution in [3.63, 3.8) is 0 Å². The van der Waals surface area contributed by atoms with E-state index in [0.717, 1.165) is 51.8 Å². The second-order valence-corrected chi connectivity index (χ2v) is 9.64. The van der Waals surface area contributed by atoms with E-state index in [4.69, 9.17) is 9.73 Å². The number of allylic oxidation sites excluding steroid dienone is 3. The zero-order chi connectivity index (χ0) is 27.1. The van der Waals surface area contributed by atoms with Gasteiger partial charge in [0.15, 0.2) is 0 Å². The Hall–Kier alpha value is -4.32. The van der Waals surface area contributed by atoms with Gasteiger partial charge >= 0.3 is 0 Å². The molecule has 2 atom stereocenters. The van der Waals surface area contributed by atoms with Crippen LogP contribution in [-0.4, -0.2) is 25.8 Å². The number of aliphatic imine (C=N–C) groups is 1. The first-order valence-corrected chi connectivity index (χ1v) is 12.9. The number of nitrogens with one attached hydrogen (secondary N) is 3. The molecule has 0 saturated carbocycles. The molecule has 0 aromatic heterocycles. The predicted molar refractivity (Wildman–Crippen MR) is 157 cm³/mol. The summed E-state index contributed by atoms with van der Waals surface area (Å²) < 4.78 is 5.56. The number of rotatable bonds is 8. The Balaban J connectivity index is 1.55. The maximum atomic E-state index is 12.8. The number of hydrogen-bond acceptors (Lipinski definition) is 5. The number of ether oxygens (including phenoxy) is 1. The smallest absolute Gasteiger partial charge is 0.255 e. The summed E-state index contributed by atoms with van der Waals surface area (Å²) in [6, 6.07) is 21.5. The normalized spacial score (nSPS) is 17.2. The molecule has 1 aliphatic rings. The maximum absolute atomic E-state index is 12.8. The average molecular weight is 509 g/mol. The van der Waals surface area contributed by atoms with E-state index in [1.807, 2.05) is 74.6 Å². The molecule has 38 heavy (non-hydrogen) atoms. The van der Waals surface area contributed by atoms with Gasteiger partial charge in [0.2, 0.25) is 0 Å². The number of carbonyl (C=O) groups is 1. The summed E-state index contributed by atoms with van der Waals surface area (Å²) >= 11 is 0. The third kappa shape index (κ3) is 6.71. The molecule has 1 aliphatic heterocycles. The minimum Gasteiger partial charge on any atom is -0.495 e. The lowest BCUT2D eigenvalue weighted by Crippen LogP contribution is -2.20. The summed E-state index contributed by atoms with van der Waals surface area (Å²) in [7, 11) is 3.55. The van der Waals surface area contributed by atoms with E-state index >= 15 is 0 Å². The van der Waals surface area contributed by atoms with Crippen LogP contribution in [0, 0.1) is 12.8 Å². The molecule has 3 N–H and O–H groups in total. The van der Waals surface area contributed by atoms with Gasteiger partial charge in [-0.05, 0) is 80.3 Å². The van der Waals surface area contributed by atoms with E-state index in [1.165, 1.54) is 0 Å². The van der Waals surface area contributed by atoms with Crippen molar-refractivity contribution in [3.8, 4) is 5.75 Å². The molecule has 0 radical (unpaired) electrons. The number of carbonyl (C=O) groups excluding carboxylic acids is 1. The first-order valence-electron chi connectivity index (χ1n) is 12.9. The molecule has 4 rings (SSSR count). The average Bonchev–Trinajstić information content (AvgIpc) is 2.91. The SMILES string of the molecule is CNc1ccc(C2=N/C(N[C@@H](C)c3cccc(NC(=O)c4cccc(C)c4)c3)=C\C(C)CC=C2)cc1OC. The highest BCUT2D eigenvalue weighted by atomic mass is 16.5. The lowest BCUT2D eigenvalue weighted by atomic mass is 10.0. The van der Waals surface area contributed by atoms with Crippen LogP contribution in [0.4, 0.5) is 11.4 Å².